The summed E-state index contributed by atoms with van der Waals surface area (Å²) in [6.07, 6.45) is 4.43. The molecular weight excluding hydrogens is 344 g/mol. The van der Waals surface area contributed by atoms with Crippen molar-refractivity contribution < 1.29 is 13.9 Å². The number of hydrogen-bond acceptors (Lipinski definition) is 5. The summed E-state index contributed by atoms with van der Waals surface area (Å²) < 4.78 is 10.8. The van der Waals surface area contributed by atoms with Crippen LogP contribution in [-0.4, -0.2) is 61.1 Å². The molecular formula is C21H26N2O4. The number of amides is 1. The van der Waals surface area contributed by atoms with Crippen molar-refractivity contribution in [2.75, 3.05) is 33.3 Å². The van der Waals surface area contributed by atoms with Gasteiger partial charge in [0.05, 0.1) is 6.10 Å². The van der Waals surface area contributed by atoms with E-state index in [0.29, 0.717) is 30.8 Å². The Balaban J connectivity index is 1.40. The Bertz CT molecular complexity index is 862. The van der Waals surface area contributed by atoms with Crippen molar-refractivity contribution in [1.29, 1.82) is 0 Å². The molecule has 0 unspecified atom stereocenters. The minimum Gasteiger partial charge on any atom is -0.422 e. The van der Waals surface area contributed by atoms with Crippen LogP contribution in [0.25, 0.3) is 11.0 Å². The third kappa shape index (κ3) is 3.77. The van der Waals surface area contributed by atoms with Gasteiger partial charge in [0, 0.05) is 44.7 Å². The predicted octanol–water partition coefficient (Wildman–Crippen LogP) is 2.51. The van der Waals surface area contributed by atoms with Crippen molar-refractivity contribution in [3.63, 3.8) is 0 Å². The second-order valence-corrected chi connectivity index (χ2v) is 7.48. The zero-order valence-corrected chi connectivity index (χ0v) is 15.7. The molecule has 0 saturated carbocycles. The lowest BCUT2D eigenvalue weighted by atomic mass is 9.98. The van der Waals surface area contributed by atoms with E-state index in [1.54, 1.807) is 24.1 Å². The second-order valence-electron chi connectivity index (χ2n) is 7.48. The summed E-state index contributed by atoms with van der Waals surface area (Å²) in [7, 11) is 1.79. The fourth-order valence-electron chi connectivity index (χ4n) is 4.29. The van der Waals surface area contributed by atoms with Gasteiger partial charge in [-0.3, -0.25) is 4.79 Å². The molecule has 2 aliphatic heterocycles. The topological polar surface area (TPSA) is 63.0 Å². The van der Waals surface area contributed by atoms with Crippen molar-refractivity contribution in [3.8, 4) is 0 Å². The van der Waals surface area contributed by atoms with Crippen LogP contribution in [0, 0.1) is 0 Å². The van der Waals surface area contributed by atoms with Gasteiger partial charge in [-0.15, -0.1) is 0 Å². The maximum absolute atomic E-state index is 12.9. The summed E-state index contributed by atoms with van der Waals surface area (Å²) >= 11 is 0. The Morgan fingerprint density at radius 2 is 1.78 bits per heavy atom. The highest BCUT2D eigenvalue weighted by atomic mass is 16.5. The number of nitrogens with zero attached hydrogens (tertiary/aromatic N) is 2. The highest BCUT2D eigenvalue weighted by Gasteiger charge is 2.30. The van der Waals surface area contributed by atoms with Gasteiger partial charge in [-0.2, -0.15) is 0 Å². The fraction of sp³-hybridized carbons (Fsp3) is 0.524. The number of carbonyl (C=O) groups excluding carboxylic acids is 1. The van der Waals surface area contributed by atoms with Crippen molar-refractivity contribution in [3.05, 3.63) is 46.3 Å². The highest BCUT2D eigenvalue weighted by Crippen LogP contribution is 2.23. The van der Waals surface area contributed by atoms with Gasteiger partial charge in [0.1, 0.15) is 11.1 Å². The maximum atomic E-state index is 12.9. The molecule has 0 radical (unpaired) electrons. The fourth-order valence-corrected chi connectivity index (χ4v) is 4.29. The minimum absolute atomic E-state index is 0.132. The lowest BCUT2D eigenvalue weighted by molar-refractivity contribution is 0.0145. The molecule has 0 spiro atoms. The van der Waals surface area contributed by atoms with Crippen LogP contribution in [0.2, 0.25) is 0 Å². The third-order valence-electron chi connectivity index (χ3n) is 5.95. The first-order valence-corrected chi connectivity index (χ1v) is 9.74. The molecule has 1 amide bonds. The summed E-state index contributed by atoms with van der Waals surface area (Å²) in [6.45, 7) is 3.48. The standard InChI is InChI=1S/C21H26N2O4/c1-26-17-8-12-22(13-9-17)16-6-10-23(11-7-16)20(24)18-14-15-4-2-3-5-19(15)27-21(18)25/h2-5,14,16-17H,6-13H2,1H3. The van der Waals surface area contributed by atoms with Crippen molar-refractivity contribution in [2.24, 2.45) is 0 Å². The molecule has 2 fully saturated rings. The van der Waals surface area contributed by atoms with Gasteiger partial charge in [0.2, 0.25) is 0 Å². The van der Waals surface area contributed by atoms with E-state index < -0.39 is 5.63 Å². The molecule has 0 aliphatic carbocycles. The van der Waals surface area contributed by atoms with Crippen molar-refractivity contribution in [1.82, 2.24) is 9.80 Å². The SMILES string of the molecule is COC1CCN(C2CCN(C(=O)c3cc4ccccc4oc3=O)CC2)CC1. The number of para-hydroxylation sites is 1. The summed E-state index contributed by atoms with van der Waals surface area (Å²) in [4.78, 5) is 29.4. The van der Waals surface area contributed by atoms with E-state index in [9.17, 15) is 9.59 Å². The van der Waals surface area contributed by atoms with Gasteiger partial charge >= 0.3 is 5.63 Å². The zero-order chi connectivity index (χ0) is 18.8. The lowest BCUT2D eigenvalue weighted by Crippen LogP contribution is -2.50. The van der Waals surface area contributed by atoms with E-state index in [0.717, 1.165) is 44.2 Å². The molecule has 3 heterocycles. The van der Waals surface area contributed by atoms with Gasteiger partial charge in [-0.1, -0.05) is 18.2 Å². The Morgan fingerprint density at radius 1 is 1.07 bits per heavy atom. The lowest BCUT2D eigenvalue weighted by Gasteiger charge is -2.41. The molecule has 0 N–H and O–H groups in total. The highest BCUT2D eigenvalue weighted by molar-refractivity contribution is 5.96. The predicted molar refractivity (Wildman–Crippen MR) is 103 cm³/mol. The molecule has 0 bridgehead atoms. The number of carbonyl (C=O) groups is 1. The minimum atomic E-state index is -0.553. The summed E-state index contributed by atoms with van der Waals surface area (Å²) in [5, 5.41) is 0.774. The average molecular weight is 370 g/mol. The van der Waals surface area contributed by atoms with Crippen LogP contribution < -0.4 is 5.63 Å². The number of ether oxygens (including phenoxy) is 1. The smallest absolute Gasteiger partial charge is 0.349 e. The van der Waals surface area contributed by atoms with E-state index >= 15 is 0 Å². The molecule has 4 rings (SSSR count). The monoisotopic (exact) mass is 370 g/mol. The molecule has 6 heteroatoms. The summed E-state index contributed by atoms with van der Waals surface area (Å²) in [5.74, 6) is -0.217. The Hall–Kier alpha value is -2.18. The van der Waals surface area contributed by atoms with Gasteiger partial charge in [0.15, 0.2) is 0 Å². The van der Waals surface area contributed by atoms with Gasteiger partial charge in [0.25, 0.3) is 5.91 Å². The molecule has 27 heavy (non-hydrogen) atoms. The maximum Gasteiger partial charge on any atom is 0.349 e. The molecule has 6 nitrogen and oxygen atoms in total. The molecule has 144 valence electrons. The molecule has 2 aromatic rings. The largest absolute Gasteiger partial charge is 0.422 e. The van der Waals surface area contributed by atoms with Crippen molar-refractivity contribution >= 4 is 16.9 Å². The van der Waals surface area contributed by atoms with Crippen LogP contribution in [0.5, 0.6) is 0 Å². The Kier molecular flexibility index (Phi) is 5.27. The first kappa shape index (κ1) is 18.2. The first-order valence-electron chi connectivity index (χ1n) is 9.74. The quantitative estimate of drug-likeness (QED) is 0.777. The Labute approximate surface area is 158 Å². The van der Waals surface area contributed by atoms with E-state index in [1.165, 1.54) is 0 Å². The molecule has 1 aromatic heterocycles. The van der Waals surface area contributed by atoms with E-state index in [1.807, 2.05) is 18.2 Å². The number of piperidine rings is 2. The Morgan fingerprint density at radius 3 is 2.48 bits per heavy atom. The third-order valence-corrected chi connectivity index (χ3v) is 5.95. The normalized spacial score (nSPS) is 20.3. The number of likely N-dealkylation sites (tertiary alicyclic amines) is 2. The first-order chi connectivity index (χ1) is 13.2. The molecule has 0 atom stereocenters. The number of rotatable bonds is 3. The molecule has 2 aliphatic rings. The van der Waals surface area contributed by atoms with E-state index in [4.69, 9.17) is 9.15 Å². The average Bonchev–Trinajstić information content (AvgIpc) is 2.73. The number of hydrogen-bond donors (Lipinski definition) is 0. The van der Waals surface area contributed by atoms with E-state index in [2.05, 4.69) is 4.90 Å². The van der Waals surface area contributed by atoms with Crippen LogP contribution in [-0.2, 0) is 4.74 Å². The van der Waals surface area contributed by atoms with Gasteiger partial charge in [-0.05, 0) is 37.8 Å². The summed E-state index contributed by atoms with van der Waals surface area (Å²) in [5.41, 5.74) is 0.0905. The van der Waals surface area contributed by atoms with Crippen molar-refractivity contribution in [2.45, 2.75) is 37.8 Å². The van der Waals surface area contributed by atoms with Crippen LogP contribution >= 0.6 is 0 Å². The van der Waals surface area contributed by atoms with Crippen LogP contribution in [0.3, 0.4) is 0 Å². The van der Waals surface area contributed by atoms with Gasteiger partial charge < -0.3 is 19.0 Å². The second kappa shape index (κ2) is 7.82. The number of methoxy groups -OCH3 is 1. The van der Waals surface area contributed by atoms with Crippen LogP contribution in [0.4, 0.5) is 0 Å². The van der Waals surface area contributed by atoms with Crippen LogP contribution in [0.1, 0.15) is 36.0 Å². The number of benzene rings is 1. The van der Waals surface area contributed by atoms with E-state index in [-0.39, 0.29) is 11.5 Å². The van der Waals surface area contributed by atoms with Crippen LogP contribution in [0.15, 0.2) is 39.5 Å². The molecule has 1 aromatic carbocycles. The number of fused-ring (bicyclic) bond motifs is 1. The molecule has 2 saturated heterocycles. The zero-order valence-electron chi connectivity index (χ0n) is 15.7. The summed E-state index contributed by atoms with van der Waals surface area (Å²) in [6, 6.07) is 9.45. The van der Waals surface area contributed by atoms with Gasteiger partial charge in [-0.25, -0.2) is 4.79 Å².